The molecule has 1 atom stereocenters. The van der Waals surface area contributed by atoms with Crippen LogP contribution in [0.15, 0.2) is 35.9 Å². The van der Waals surface area contributed by atoms with Crippen LogP contribution in [0.25, 0.3) is 16.7 Å². The largest absolute Gasteiger partial charge is 0.352 e. The van der Waals surface area contributed by atoms with E-state index < -0.39 is 11.6 Å². The molecule has 4 rings (SSSR count). The number of carbonyl (C=O) groups is 1. The zero-order chi connectivity index (χ0) is 18.4. The van der Waals surface area contributed by atoms with E-state index >= 15 is 0 Å². The lowest BCUT2D eigenvalue weighted by molar-refractivity contribution is -0.118. The Bertz CT molecular complexity index is 997. The Morgan fingerprint density at radius 2 is 1.81 bits per heavy atom. The first-order chi connectivity index (χ1) is 12.5. The lowest BCUT2D eigenvalue weighted by Gasteiger charge is -2.33. The molecule has 1 saturated heterocycles. The van der Waals surface area contributed by atoms with Crippen molar-refractivity contribution in [3.63, 3.8) is 0 Å². The Labute approximate surface area is 150 Å². The summed E-state index contributed by atoms with van der Waals surface area (Å²) < 4.78 is 27.5. The van der Waals surface area contributed by atoms with Crippen molar-refractivity contribution in [2.75, 3.05) is 6.54 Å². The fraction of sp³-hybridized carbons (Fsp3) is 0.238. The molecule has 0 aromatic heterocycles. The van der Waals surface area contributed by atoms with Gasteiger partial charge >= 0.3 is 0 Å². The van der Waals surface area contributed by atoms with Gasteiger partial charge in [-0.1, -0.05) is 0 Å². The Morgan fingerprint density at radius 3 is 2.50 bits per heavy atom. The van der Waals surface area contributed by atoms with E-state index in [2.05, 4.69) is 11.4 Å². The minimum atomic E-state index is -0.656. The average molecular weight is 350 g/mol. The molecule has 1 amide bonds. The number of allylic oxidation sites excluding steroid dienone is 1. The molecule has 1 fully saturated rings. The van der Waals surface area contributed by atoms with Crippen LogP contribution in [-0.2, 0) is 11.2 Å². The topological polar surface area (TPSA) is 52.9 Å². The minimum Gasteiger partial charge on any atom is -0.352 e. The van der Waals surface area contributed by atoms with Gasteiger partial charge in [0.25, 0.3) is 0 Å². The van der Waals surface area contributed by atoms with Crippen molar-refractivity contribution in [3.05, 3.63) is 64.2 Å². The highest BCUT2D eigenvalue weighted by molar-refractivity contribution is 6.03. The number of benzene rings is 2. The molecule has 26 heavy (non-hydrogen) atoms. The molecule has 0 radical (unpaired) electrons. The number of fused-ring (bicyclic) bond motifs is 2. The van der Waals surface area contributed by atoms with Gasteiger partial charge in [-0.15, -0.1) is 0 Å². The number of nitrogens with zero attached hydrogens (tertiary/aromatic N) is 1. The molecule has 0 saturated carbocycles. The summed E-state index contributed by atoms with van der Waals surface area (Å²) in [5, 5.41) is 12.3. The van der Waals surface area contributed by atoms with Crippen molar-refractivity contribution >= 4 is 11.5 Å². The van der Waals surface area contributed by atoms with Crippen LogP contribution < -0.4 is 5.32 Å². The second kappa shape index (κ2) is 6.06. The second-order valence-electron chi connectivity index (χ2n) is 6.80. The van der Waals surface area contributed by atoms with Crippen LogP contribution in [0.1, 0.15) is 30.0 Å². The molecule has 2 aliphatic rings. The molecule has 0 spiro atoms. The monoisotopic (exact) mass is 350 g/mol. The third kappa shape index (κ3) is 2.59. The number of carbonyl (C=O) groups excluding carboxylic acids is 1. The van der Waals surface area contributed by atoms with E-state index in [1.165, 1.54) is 12.1 Å². The van der Waals surface area contributed by atoms with Crippen molar-refractivity contribution < 1.29 is 13.6 Å². The van der Waals surface area contributed by atoms with E-state index in [4.69, 9.17) is 0 Å². The van der Waals surface area contributed by atoms with Crippen molar-refractivity contribution in [1.82, 2.24) is 5.32 Å². The predicted octanol–water partition coefficient (Wildman–Crippen LogP) is 3.97. The van der Waals surface area contributed by atoms with Gasteiger partial charge in [-0.25, -0.2) is 8.78 Å². The fourth-order valence-electron chi connectivity index (χ4n) is 4.11. The lowest BCUT2D eigenvalue weighted by Crippen LogP contribution is -2.39. The van der Waals surface area contributed by atoms with Crippen molar-refractivity contribution in [1.29, 1.82) is 5.26 Å². The molecule has 2 aromatic carbocycles. The number of nitriles is 1. The minimum absolute atomic E-state index is 0.0647. The maximum atomic E-state index is 13.8. The van der Waals surface area contributed by atoms with E-state index in [1.807, 2.05) is 6.92 Å². The fourth-order valence-corrected chi connectivity index (χ4v) is 4.11. The summed E-state index contributed by atoms with van der Waals surface area (Å²) in [6.45, 7) is 2.50. The summed E-state index contributed by atoms with van der Waals surface area (Å²) >= 11 is 0. The first-order valence-electron chi connectivity index (χ1n) is 8.50. The Balaban J connectivity index is 1.99. The van der Waals surface area contributed by atoms with E-state index in [9.17, 15) is 18.8 Å². The first kappa shape index (κ1) is 16.5. The van der Waals surface area contributed by atoms with E-state index in [0.29, 0.717) is 29.7 Å². The summed E-state index contributed by atoms with van der Waals surface area (Å²) in [6.07, 6.45) is 1.45. The molecule has 2 aromatic rings. The van der Waals surface area contributed by atoms with Gasteiger partial charge in [-0.3, -0.25) is 4.79 Å². The van der Waals surface area contributed by atoms with E-state index in [-0.39, 0.29) is 11.8 Å². The van der Waals surface area contributed by atoms with Gasteiger partial charge in [-0.2, -0.15) is 5.26 Å². The molecular weight excluding hydrogens is 334 g/mol. The maximum absolute atomic E-state index is 13.8. The molecule has 1 unspecified atom stereocenters. The molecule has 130 valence electrons. The first-order valence-corrected chi connectivity index (χ1v) is 8.50. The van der Waals surface area contributed by atoms with Gasteiger partial charge in [0.15, 0.2) is 0 Å². The van der Waals surface area contributed by atoms with Crippen molar-refractivity contribution in [2.24, 2.45) is 5.92 Å². The zero-order valence-electron chi connectivity index (χ0n) is 14.2. The van der Waals surface area contributed by atoms with Gasteiger partial charge in [0, 0.05) is 18.2 Å². The molecule has 1 N–H and O–H groups in total. The molecular formula is C21H16F2N2O. The lowest BCUT2D eigenvalue weighted by atomic mass is 9.73. The van der Waals surface area contributed by atoms with E-state index in [1.54, 1.807) is 12.1 Å². The number of rotatable bonds is 1. The summed E-state index contributed by atoms with van der Waals surface area (Å²) in [5.74, 6) is -1.29. The third-order valence-corrected chi connectivity index (χ3v) is 5.24. The summed E-state index contributed by atoms with van der Waals surface area (Å²) in [7, 11) is 0. The number of hydrogen-bond donors (Lipinski definition) is 1. The Kier molecular flexibility index (Phi) is 3.84. The molecule has 1 aliphatic heterocycles. The predicted molar refractivity (Wildman–Crippen MR) is 93.9 cm³/mol. The molecule has 1 heterocycles. The smallest absolute Gasteiger partial charge is 0.247 e. The molecule has 3 nitrogen and oxygen atoms in total. The van der Waals surface area contributed by atoms with Crippen molar-refractivity contribution in [2.45, 2.75) is 19.8 Å². The van der Waals surface area contributed by atoms with Crippen molar-refractivity contribution in [3.8, 4) is 17.2 Å². The number of halogens is 2. The summed E-state index contributed by atoms with van der Waals surface area (Å²) in [6, 6.07) is 8.93. The normalized spacial score (nSPS) is 18.7. The number of hydrogen-bond acceptors (Lipinski definition) is 2. The molecule has 1 aliphatic carbocycles. The highest BCUT2D eigenvalue weighted by atomic mass is 19.1. The Morgan fingerprint density at radius 1 is 1.12 bits per heavy atom. The number of piperidine rings is 1. The third-order valence-electron chi connectivity index (χ3n) is 5.24. The van der Waals surface area contributed by atoms with Crippen LogP contribution in [0, 0.1) is 28.9 Å². The maximum Gasteiger partial charge on any atom is 0.247 e. The highest BCUT2D eigenvalue weighted by Crippen LogP contribution is 2.42. The van der Waals surface area contributed by atoms with Gasteiger partial charge < -0.3 is 5.32 Å². The van der Waals surface area contributed by atoms with Gasteiger partial charge in [-0.05, 0) is 77.8 Å². The molecule has 5 heteroatoms. The SMILES string of the molecule is CC1=C2C(=O)NCCC2Cc2c1cc(C#N)cc2-c1cc(F)cc(F)c1. The highest BCUT2D eigenvalue weighted by Gasteiger charge is 2.33. The van der Waals surface area contributed by atoms with Crippen LogP contribution in [-0.4, -0.2) is 12.5 Å². The van der Waals surface area contributed by atoms with Crippen LogP contribution in [0.5, 0.6) is 0 Å². The van der Waals surface area contributed by atoms with Crippen LogP contribution in [0.2, 0.25) is 0 Å². The quantitative estimate of drug-likeness (QED) is 0.846. The van der Waals surface area contributed by atoms with Crippen LogP contribution >= 0.6 is 0 Å². The van der Waals surface area contributed by atoms with Crippen LogP contribution in [0.3, 0.4) is 0 Å². The Hall–Kier alpha value is -3.00. The zero-order valence-corrected chi connectivity index (χ0v) is 14.2. The second-order valence-corrected chi connectivity index (χ2v) is 6.80. The standard InChI is InChI=1S/C21H16F2N2O/c1-11-17-4-12(10-24)5-18(14-6-15(22)9-16(23)7-14)19(17)8-13-2-3-25-21(26)20(11)13/h4-7,9,13H,2-3,8H2,1H3,(H,25,26). The summed E-state index contributed by atoms with van der Waals surface area (Å²) in [4.78, 5) is 12.3. The van der Waals surface area contributed by atoms with Gasteiger partial charge in [0.1, 0.15) is 11.6 Å². The number of amides is 1. The molecule has 0 bridgehead atoms. The average Bonchev–Trinajstić information content (AvgIpc) is 2.60. The van der Waals surface area contributed by atoms with Gasteiger partial charge in [0.2, 0.25) is 5.91 Å². The van der Waals surface area contributed by atoms with Crippen LogP contribution in [0.4, 0.5) is 8.78 Å². The number of nitrogens with one attached hydrogen (secondary N) is 1. The summed E-state index contributed by atoms with van der Waals surface area (Å²) in [5.41, 5.74) is 4.81. The van der Waals surface area contributed by atoms with E-state index in [0.717, 1.165) is 34.8 Å². The van der Waals surface area contributed by atoms with Gasteiger partial charge in [0.05, 0.1) is 11.6 Å².